The van der Waals surface area contributed by atoms with Crippen molar-refractivity contribution in [2.24, 2.45) is 5.92 Å². The number of piperazine rings is 1. The summed E-state index contributed by atoms with van der Waals surface area (Å²) in [5, 5.41) is 7.02. The zero-order chi connectivity index (χ0) is 38.7. The van der Waals surface area contributed by atoms with Crippen LogP contribution in [0.15, 0.2) is 102 Å². The number of hydrogen-bond donors (Lipinski definition) is 1. The van der Waals surface area contributed by atoms with E-state index in [1.807, 2.05) is 25.1 Å². The molecule has 2 atom stereocenters. The molecule has 15 heteroatoms. The van der Waals surface area contributed by atoms with Gasteiger partial charge in [0.25, 0.3) is 5.91 Å². The number of halogens is 2. The number of amides is 1. The van der Waals surface area contributed by atoms with E-state index in [4.69, 9.17) is 9.47 Å². The number of nitrogens with zero attached hydrogens (tertiary/aromatic N) is 6. The Morgan fingerprint density at radius 2 is 1.64 bits per heavy atom. The number of ether oxygens (including phenoxy) is 2. The summed E-state index contributed by atoms with van der Waals surface area (Å²) in [5.74, 6) is -0.848. The molecule has 0 bridgehead atoms. The van der Waals surface area contributed by atoms with Crippen molar-refractivity contribution in [1.29, 1.82) is 0 Å². The molecule has 0 aliphatic carbocycles. The summed E-state index contributed by atoms with van der Waals surface area (Å²) in [6.07, 6.45) is 3.43. The third-order valence-corrected chi connectivity index (χ3v) is 12.0. The number of rotatable bonds is 12. The van der Waals surface area contributed by atoms with Crippen LogP contribution in [0.4, 0.5) is 25.8 Å². The largest absolute Gasteiger partial charge is 0.493 e. The molecule has 288 valence electrons. The molecule has 1 N–H and O–H groups in total. The maximum atomic E-state index is 15.0. The summed E-state index contributed by atoms with van der Waals surface area (Å²) < 4.78 is 68.7. The number of aryl methyl sites for hydroxylation is 1. The number of carbonyl (C=O) groups is 1. The molecule has 2 saturated heterocycles. The lowest BCUT2D eigenvalue weighted by Gasteiger charge is -2.37. The van der Waals surface area contributed by atoms with Crippen LogP contribution in [0.1, 0.15) is 27.9 Å². The van der Waals surface area contributed by atoms with E-state index < -0.39 is 27.3 Å². The SMILES string of the molecule is Cc1cc(N2CCN(c3ccc(C(=O)Nc4ccc(S(=O)(=O)N(C)C)cc4)cc3)CC2)ccc1OC[C@@H]1CO[C@@](Cn2cncn2)(c2ccc(F)cc2F)C1. The summed E-state index contributed by atoms with van der Waals surface area (Å²) in [5.41, 5.74) is 3.38. The molecule has 5 aromatic rings. The molecule has 1 aromatic heterocycles. The van der Waals surface area contributed by atoms with E-state index in [2.05, 4.69) is 37.3 Å². The first-order valence-electron chi connectivity index (χ1n) is 18.0. The van der Waals surface area contributed by atoms with Crippen LogP contribution in [-0.4, -0.2) is 86.9 Å². The van der Waals surface area contributed by atoms with Crippen LogP contribution >= 0.6 is 0 Å². The standard InChI is InChI=1S/C40H43F2N7O5S/c1-28-20-34(11-15-38(28)53-23-29-22-40(54-24-29,25-49-27-43-26-44-49)36-14-6-31(41)21-37(36)42)48-18-16-47(17-19-48)33-9-4-30(5-10-33)39(50)45-32-7-12-35(13-8-32)55(51,52)46(2)3/h4-15,20-21,26-27,29H,16-19,22-25H2,1-3H3,(H,45,50)/t29-,40+/m1/s1. The van der Waals surface area contributed by atoms with Gasteiger partial charge < -0.3 is 24.6 Å². The number of nitrogens with one attached hydrogen (secondary N) is 1. The Labute approximate surface area is 319 Å². The molecule has 0 radical (unpaired) electrons. The molecular weight excluding hydrogens is 729 g/mol. The first-order valence-corrected chi connectivity index (χ1v) is 19.4. The highest BCUT2D eigenvalue weighted by atomic mass is 32.2. The van der Waals surface area contributed by atoms with Gasteiger partial charge in [0.2, 0.25) is 10.0 Å². The second kappa shape index (κ2) is 15.8. The lowest BCUT2D eigenvalue weighted by atomic mass is 9.87. The molecule has 0 unspecified atom stereocenters. The summed E-state index contributed by atoms with van der Waals surface area (Å²) in [6.45, 7) is 6.22. The van der Waals surface area contributed by atoms with Crippen LogP contribution in [0.25, 0.3) is 0 Å². The predicted octanol–water partition coefficient (Wildman–Crippen LogP) is 5.70. The van der Waals surface area contributed by atoms with Crippen LogP contribution < -0.4 is 19.9 Å². The second-order valence-corrected chi connectivity index (χ2v) is 16.3. The molecule has 7 rings (SSSR count). The van der Waals surface area contributed by atoms with Crippen molar-refractivity contribution in [3.63, 3.8) is 0 Å². The van der Waals surface area contributed by atoms with Crippen molar-refractivity contribution in [3.8, 4) is 5.75 Å². The van der Waals surface area contributed by atoms with Gasteiger partial charge in [-0.1, -0.05) is 6.07 Å². The van der Waals surface area contributed by atoms with Crippen molar-refractivity contribution in [2.45, 2.75) is 30.4 Å². The Morgan fingerprint density at radius 1 is 0.945 bits per heavy atom. The molecule has 2 fully saturated rings. The van der Waals surface area contributed by atoms with Gasteiger partial charge in [-0.05, 0) is 91.7 Å². The highest BCUT2D eigenvalue weighted by Gasteiger charge is 2.44. The van der Waals surface area contributed by atoms with Crippen molar-refractivity contribution in [3.05, 3.63) is 126 Å². The topological polar surface area (TPSA) is 122 Å². The number of aromatic nitrogens is 3. The average Bonchev–Trinajstić information content (AvgIpc) is 3.85. The average molecular weight is 772 g/mol. The minimum Gasteiger partial charge on any atom is -0.493 e. The Balaban J connectivity index is 0.910. The zero-order valence-corrected chi connectivity index (χ0v) is 31.7. The highest BCUT2D eigenvalue weighted by molar-refractivity contribution is 7.89. The van der Waals surface area contributed by atoms with E-state index in [-0.39, 0.29) is 28.8 Å². The van der Waals surface area contributed by atoms with Gasteiger partial charge in [-0.15, -0.1) is 0 Å². The predicted molar refractivity (Wildman–Crippen MR) is 205 cm³/mol. The molecule has 0 saturated carbocycles. The molecule has 2 aliphatic heterocycles. The van der Waals surface area contributed by atoms with E-state index in [9.17, 15) is 17.6 Å². The van der Waals surface area contributed by atoms with Gasteiger partial charge in [0, 0.05) is 80.4 Å². The summed E-state index contributed by atoms with van der Waals surface area (Å²) >= 11 is 0. The van der Waals surface area contributed by atoms with Crippen molar-refractivity contribution < 1.29 is 31.5 Å². The normalized spacial score (nSPS) is 18.8. The molecule has 0 spiro atoms. The first kappa shape index (κ1) is 37.9. The quantitative estimate of drug-likeness (QED) is 0.170. The molecular formula is C40H43F2N7O5S. The fourth-order valence-electron chi connectivity index (χ4n) is 7.16. The molecule has 55 heavy (non-hydrogen) atoms. The van der Waals surface area contributed by atoms with Gasteiger partial charge in [-0.25, -0.2) is 31.2 Å². The molecule has 4 aromatic carbocycles. The van der Waals surface area contributed by atoms with E-state index in [0.29, 0.717) is 30.9 Å². The molecule has 2 aliphatic rings. The van der Waals surface area contributed by atoms with Gasteiger partial charge in [-0.3, -0.25) is 4.79 Å². The van der Waals surface area contributed by atoms with Crippen LogP contribution in [0, 0.1) is 24.5 Å². The third-order valence-electron chi connectivity index (χ3n) is 10.2. The number of anilines is 3. The lowest BCUT2D eigenvalue weighted by molar-refractivity contribution is -0.0206. The Bertz CT molecular complexity index is 2230. The molecule has 1 amide bonds. The number of hydrogen-bond acceptors (Lipinski definition) is 9. The first-order chi connectivity index (χ1) is 26.4. The zero-order valence-electron chi connectivity index (χ0n) is 30.9. The van der Waals surface area contributed by atoms with Gasteiger partial charge in [0.15, 0.2) is 0 Å². The highest BCUT2D eigenvalue weighted by Crippen LogP contribution is 2.42. The second-order valence-electron chi connectivity index (χ2n) is 14.1. The lowest BCUT2D eigenvalue weighted by Crippen LogP contribution is -2.46. The van der Waals surface area contributed by atoms with Gasteiger partial charge in [0.1, 0.15) is 35.6 Å². The van der Waals surface area contributed by atoms with E-state index >= 15 is 4.39 Å². The van der Waals surface area contributed by atoms with E-state index in [1.165, 1.54) is 44.7 Å². The van der Waals surface area contributed by atoms with Crippen LogP contribution in [-0.2, 0) is 26.9 Å². The fourth-order valence-corrected chi connectivity index (χ4v) is 8.06. The van der Waals surface area contributed by atoms with Crippen molar-refractivity contribution >= 4 is 33.0 Å². The third kappa shape index (κ3) is 8.33. The van der Waals surface area contributed by atoms with E-state index in [0.717, 1.165) is 59.2 Å². The monoisotopic (exact) mass is 771 g/mol. The molecule has 12 nitrogen and oxygen atoms in total. The molecule has 3 heterocycles. The smallest absolute Gasteiger partial charge is 0.255 e. The van der Waals surface area contributed by atoms with Crippen molar-refractivity contribution in [1.82, 2.24) is 19.1 Å². The minimum absolute atomic E-state index is 0.0304. The fraction of sp³-hybridized carbons (Fsp3) is 0.325. The Kier molecular flexibility index (Phi) is 10.9. The maximum absolute atomic E-state index is 15.0. The summed E-state index contributed by atoms with van der Waals surface area (Å²) in [4.78, 5) is 21.7. The van der Waals surface area contributed by atoms with Crippen molar-refractivity contribution in [2.75, 3.05) is 68.6 Å². The van der Waals surface area contributed by atoms with Gasteiger partial charge in [0.05, 0.1) is 24.7 Å². The van der Waals surface area contributed by atoms with Crippen LogP contribution in [0.5, 0.6) is 5.75 Å². The summed E-state index contributed by atoms with van der Waals surface area (Å²) in [7, 11) is -0.607. The number of carbonyl (C=O) groups excluding carboxylic acids is 1. The number of sulfonamides is 1. The van der Waals surface area contributed by atoms with Gasteiger partial charge >= 0.3 is 0 Å². The maximum Gasteiger partial charge on any atom is 0.255 e. The number of benzene rings is 4. The Hall–Kier alpha value is -5.38. The van der Waals surface area contributed by atoms with Crippen LogP contribution in [0.2, 0.25) is 0 Å². The Morgan fingerprint density at radius 3 is 2.27 bits per heavy atom. The van der Waals surface area contributed by atoms with Gasteiger partial charge in [-0.2, -0.15) is 5.10 Å². The van der Waals surface area contributed by atoms with E-state index in [1.54, 1.807) is 35.3 Å². The van der Waals surface area contributed by atoms with Crippen LogP contribution in [0.3, 0.4) is 0 Å². The minimum atomic E-state index is -3.55. The summed E-state index contributed by atoms with van der Waals surface area (Å²) in [6, 6.07) is 23.3.